The van der Waals surface area contributed by atoms with Crippen LogP contribution in [-0.2, 0) is 24.0 Å². The molecule has 0 spiro atoms. The molecule has 14 heteroatoms. The predicted molar refractivity (Wildman–Crippen MR) is 107 cm³/mol. The Labute approximate surface area is 178 Å². The van der Waals surface area contributed by atoms with Crippen molar-refractivity contribution in [2.45, 2.75) is 50.2 Å². The van der Waals surface area contributed by atoms with Crippen LogP contribution in [0.2, 0.25) is 0 Å². The summed E-state index contributed by atoms with van der Waals surface area (Å²) in [5.41, 5.74) is 15.8. The molecule has 3 unspecified atom stereocenters. The molecule has 1 saturated heterocycles. The van der Waals surface area contributed by atoms with Crippen molar-refractivity contribution in [3.05, 3.63) is 0 Å². The number of aliphatic imine (C=N–C) groups is 1. The maximum atomic E-state index is 13.0. The van der Waals surface area contributed by atoms with Crippen LogP contribution in [0.25, 0.3) is 0 Å². The number of hydrogen-bond acceptors (Lipinski definition) is 7. The van der Waals surface area contributed by atoms with E-state index in [0.29, 0.717) is 12.8 Å². The molecule has 1 aliphatic heterocycles. The van der Waals surface area contributed by atoms with Crippen molar-refractivity contribution >= 4 is 35.6 Å². The standard InChI is InChI=1S/C17H29N7O7/c18-8-12(25)22-9(3-1-5-21-17(19)20)15(29)24-6-2-4-11(24)14(28)23-10(16(30)31)7-13(26)27/h9-11H,1-8,18H2,(H,22,25)(H,23,28)(H,26,27)(H,30,31)(H4,19,20,21). The highest BCUT2D eigenvalue weighted by Crippen LogP contribution is 2.20. The van der Waals surface area contributed by atoms with Gasteiger partial charge in [-0.15, -0.1) is 0 Å². The highest BCUT2D eigenvalue weighted by atomic mass is 16.4. The lowest BCUT2D eigenvalue weighted by atomic mass is 10.1. The number of hydrogen-bond donors (Lipinski definition) is 7. The Kier molecular flexibility index (Phi) is 10.2. The van der Waals surface area contributed by atoms with E-state index in [1.165, 1.54) is 4.90 Å². The van der Waals surface area contributed by atoms with E-state index in [1.807, 2.05) is 0 Å². The summed E-state index contributed by atoms with van der Waals surface area (Å²) in [5.74, 6) is -4.87. The topological polar surface area (TPSA) is 244 Å². The maximum absolute atomic E-state index is 13.0. The minimum Gasteiger partial charge on any atom is -0.481 e. The molecule has 0 saturated carbocycles. The van der Waals surface area contributed by atoms with Crippen LogP contribution in [0, 0.1) is 0 Å². The SMILES string of the molecule is NCC(=O)NC(CCCN=C(N)N)C(=O)N1CCCC1C(=O)NC(CC(=O)O)C(=O)O. The number of guanidine groups is 1. The summed E-state index contributed by atoms with van der Waals surface area (Å²) in [7, 11) is 0. The average Bonchev–Trinajstić information content (AvgIpc) is 3.18. The number of aliphatic carboxylic acids is 2. The van der Waals surface area contributed by atoms with E-state index in [4.69, 9.17) is 27.4 Å². The summed E-state index contributed by atoms with van der Waals surface area (Å²) in [6.45, 7) is 0.109. The molecule has 1 heterocycles. The Hall–Kier alpha value is -3.42. The van der Waals surface area contributed by atoms with Crippen molar-refractivity contribution in [3.63, 3.8) is 0 Å². The summed E-state index contributed by atoms with van der Waals surface area (Å²) >= 11 is 0. The third-order valence-corrected chi connectivity index (χ3v) is 4.60. The fourth-order valence-electron chi connectivity index (χ4n) is 3.16. The van der Waals surface area contributed by atoms with E-state index in [1.54, 1.807) is 0 Å². The molecular weight excluding hydrogens is 414 g/mol. The van der Waals surface area contributed by atoms with E-state index in [0.717, 1.165) is 0 Å². The molecule has 31 heavy (non-hydrogen) atoms. The number of likely N-dealkylation sites (tertiary alicyclic amines) is 1. The van der Waals surface area contributed by atoms with Crippen molar-refractivity contribution in [1.82, 2.24) is 15.5 Å². The second kappa shape index (κ2) is 12.3. The van der Waals surface area contributed by atoms with E-state index in [2.05, 4.69) is 15.6 Å². The van der Waals surface area contributed by atoms with Crippen LogP contribution in [0.15, 0.2) is 4.99 Å². The molecule has 0 aromatic heterocycles. The molecule has 1 rings (SSSR count). The molecule has 14 nitrogen and oxygen atoms in total. The average molecular weight is 443 g/mol. The lowest BCUT2D eigenvalue weighted by molar-refractivity contribution is -0.148. The van der Waals surface area contributed by atoms with E-state index in [-0.39, 0.29) is 38.4 Å². The lowest BCUT2D eigenvalue weighted by Crippen LogP contribution is -2.56. The van der Waals surface area contributed by atoms with Crippen LogP contribution >= 0.6 is 0 Å². The smallest absolute Gasteiger partial charge is 0.326 e. The third kappa shape index (κ3) is 8.46. The van der Waals surface area contributed by atoms with Crippen molar-refractivity contribution in [1.29, 1.82) is 0 Å². The summed E-state index contributed by atoms with van der Waals surface area (Å²) in [6, 6.07) is -3.60. The molecule has 3 atom stereocenters. The molecule has 3 amide bonds. The van der Waals surface area contributed by atoms with Crippen LogP contribution in [0.4, 0.5) is 0 Å². The van der Waals surface area contributed by atoms with Gasteiger partial charge in [0, 0.05) is 13.1 Å². The number of nitrogens with zero attached hydrogens (tertiary/aromatic N) is 2. The van der Waals surface area contributed by atoms with Gasteiger partial charge in [-0.1, -0.05) is 0 Å². The van der Waals surface area contributed by atoms with Crippen LogP contribution in [0.5, 0.6) is 0 Å². The van der Waals surface area contributed by atoms with Gasteiger partial charge in [0.2, 0.25) is 17.7 Å². The molecule has 1 aliphatic rings. The van der Waals surface area contributed by atoms with Gasteiger partial charge in [0.1, 0.15) is 18.1 Å². The van der Waals surface area contributed by atoms with Crippen molar-refractivity contribution < 1.29 is 34.2 Å². The Bertz CT molecular complexity index is 724. The quantitative estimate of drug-likeness (QED) is 0.0891. The molecule has 174 valence electrons. The van der Waals surface area contributed by atoms with E-state index in [9.17, 15) is 24.0 Å². The van der Waals surface area contributed by atoms with Crippen LogP contribution in [-0.4, -0.2) is 88.5 Å². The first kappa shape index (κ1) is 25.6. The highest BCUT2D eigenvalue weighted by molar-refractivity contribution is 5.94. The Balaban J connectivity index is 2.89. The normalized spacial score (nSPS) is 17.3. The summed E-state index contributed by atoms with van der Waals surface area (Å²) in [4.78, 5) is 64.4. The Morgan fingerprint density at radius 2 is 1.77 bits per heavy atom. The van der Waals surface area contributed by atoms with Gasteiger partial charge in [0.15, 0.2) is 5.96 Å². The van der Waals surface area contributed by atoms with Crippen LogP contribution in [0.1, 0.15) is 32.1 Å². The first-order valence-corrected chi connectivity index (χ1v) is 9.67. The van der Waals surface area contributed by atoms with Crippen molar-refractivity contribution in [3.8, 4) is 0 Å². The third-order valence-electron chi connectivity index (χ3n) is 4.60. The Morgan fingerprint density at radius 1 is 1.10 bits per heavy atom. The molecule has 0 radical (unpaired) electrons. The first-order chi connectivity index (χ1) is 14.6. The molecule has 0 aromatic rings. The second-order valence-corrected chi connectivity index (χ2v) is 6.96. The number of carbonyl (C=O) groups excluding carboxylic acids is 3. The number of carboxylic acids is 2. The van der Waals surface area contributed by atoms with Gasteiger partial charge < -0.3 is 42.9 Å². The molecule has 1 fully saturated rings. The minimum absolute atomic E-state index is 0.112. The summed E-state index contributed by atoms with van der Waals surface area (Å²) in [6.07, 6.45) is 0.489. The number of carboxylic acid groups (broad SMARTS) is 2. The highest BCUT2D eigenvalue weighted by Gasteiger charge is 2.38. The minimum atomic E-state index is -1.63. The Morgan fingerprint density at radius 3 is 2.32 bits per heavy atom. The molecule has 0 bridgehead atoms. The largest absolute Gasteiger partial charge is 0.481 e. The molecule has 10 N–H and O–H groups in total. The van der Waals surface area contributed by atoms with Crippen molar-refractivity contribution in [2.24, 2.45) is 22.2 Å². The zero-order chi connectivity index (χ0) is 23.6. The second-order valence-electron chi connectivity index (χ2n) is 6.96. The lowest BCUT2D eigenvalue weighted by Gasteiger charge is -2.29. The zero-order valence-electron chi connectivity index (χ0n) is 17.0. The number of nitrogens with one attached hydrogen (secondary N) is 2. The molecular formula is C17H29N7O7. The van der Waals surface area contributed by atoms with Gasteiger partial charge in [-0.25, -0.2) is 4.79 Å². The number of nitrogens with two attached hydrogens (primary N) is 3. The van der Waals surface area contributed by atoms with Crippen molar-refractivity contribution in [2.75, 3.05) is 19.6 Å². The summed E-state index contributed by atoms with van der Waals surface area (Å²) in [5, 5.41) is 22.6. The van der Waals surface area contributed by atoms with Gasteiger partial charge in [-0.3, -0.25) is 24.2 Å². The van der Waals surface area contributed by atoms with Gasteiger partial charge in [0.05, 0.1) is 13.0 Å². The number of amides is 3. The van der Waals surface area contributed by atoms with Gasteiger partial charge in [0.25, 0.3) is 0 Å². The summed E-state index contributed by atoms with van der Waals surface area (Å²) < 4.78 is 0. The zero-order valence-corrected chi connectivity index (χ0v) is 17.0. The van der Waals surface area contributed by atoms with Gasteiger partial charge in [-0.2, -0.15) is 0 Å². The number of carbonyl (C=O) groups is 5. The first-order valence-electron chi connectivity index (χ1n) is 9.67. The monoisotopic (exact) mass is 443 g/mol. The fourth-order valence-corrected chi connectivity index (χ4v) is 3.16. The fraction of sp³-hybridized carbons (Fsp3) is 0.647. The molecule has 0 aromatic carbocycles. The number of rotatable bonds is 12. The van der Waals surface area contributed by atoms with Crippen LogP contribution < -0.4 is 27.8 Å². The van der Waals surface area contributed by atoms with E-state index >= 15 is 0 Å². The van der Waals surface area contributed by atoms with Crippen LogP contribution in [0.3, 0.4) is 0 Å². The maximum Gasteiger partial charge on any atom is 0.326 e. The molecule has 0 aliphatic carbocycles. The van der Waals surface area contributed by atoms with E-state index < -0.39 is 54.2 Å². The van der Waals surface area contributed by atoms with Gasteiger partial charge in [-0.05, 0) is 25.7 Å². The van der Waals surface area contributed by atoms with Gasteiger partial charge >= 0.3 is 11.9 Å². The predicted octanol–water partition coefficient (Wildman–Crippen LogP) is -3.48.